The van der Waals surface area contributed by atoms with Crippen LogP contribution in [0, 0.1) is 0 Å². The lowest BCUT2D eigenvalue weighted by molar-refractivity contribution is -0.192. The Morgan fingerprint density at radius 2 is 2.00 bits per heavy atom. The molecule has 0 fully saturated rings. The van der Waals surface area contributed by atoms with Gasteiger partial charge in [-0.1, -0.05) is 30.3 Å². The molecule has 30 heavy (non-hydrogen) atoms. The van der Waals surface area contributed by atoms with Crippen LogP contribution >= 0.6 is 0 Å². The third kappa shape index (κ3) is 5.37. The van der Waals surface area contributed by atoms with Gasteiger partial charge in [0, 0.05) is 11.4 Å². The maximum atomic E-state index is 10.6. The lowest BCUT2D eigenvalue weighted by Gasteiger charge is -2.15. The van der Waals surface area contributed by atoms with Crippen LogP contribution in [0.1, 0.15) is 35.2 Å². The molecule has 2 aromatic carbocycles. The van der Waals surface area contributed by atoms with Crippen molar-refractivity contribution in [2.75, 3.05) is 6.54 Å². The van der Waals surface area contributed by atoms with Gasteiger partial charge in [0.15, 0.2) is 0 Å². The van der Waals surface area contributed by atoms with E-state index in [1.807, 2.05) is 6.20 Å². The summed E-state index contributed by atoms with van der Waals surface area (Å²) in [6.07, 6.45) is -2.15. The van der Waals surface area contributed by atoms with Gasteiger partial charge >= 0.3 is 12.1 Å². The van der Waals surface area contributed by atoms with Gasteiger partial charge in [0.05, 0.1) is 24.9 Å². The van der Waals surface area contributed by atoms with Crippen LogP contribution in [0.4, 0.5) is 13.2 Å². The normalized spacial score (nSPS) is 14.1. The number of aromatic amines is 1. The molecule has 4 rings (SSSR count). The Hall–Kier alpha value is -2.91. The van der Waals surface area contributed by atoms with Crippen molar-refractivity contribution in [3.8, 4) is 0 Å². The van der Waals surface area contributed by atoms with E-state index in [9.17, 15) is 13.2 Å². The Bertz CT molecular complexity index is 1020. The molecule has 3 N–H and O–H groups in total. The molecule has 1 unspecified atom stereocenters. The topological polar surface area (TPSA) is 87.2 Å². The zero-order chi connectivity index (χ0) is 21.7. The van der Waals surface area contributed by atoms with Crippen molar-refractivity contribution in [2.45, 2.75) is 38.8 Å². The van der Waals surface area contributed by atoms with Gasteiger partial charge in [-0.3, -0.25) is 5.10 Å². The Kier molecular flexibility index (Phi) is 6.73. The number of fused-ring (bicyclic) bond motifs is 2. The molecule has 0 saturated heterocycles. The predicted molar refractivity (Wildman–Crippen MR) is 105 cm³/mol. The van der Waals surface area contributed by atoms with E-state index in [0.29, 0.717) is 6.04 Å². The van der Waals surface area contributed by atoms with Gasteiger partial charge in [-0.15, -0.1) is 0 Å². The summed E-state index contributed by atoms with van der Waals surface area (Å²) in [4.78, 5) is 8.90. The van der Waals surface area contributed by atoms with Gasteiger partial charge in [0.25, 0.3) is 0 Å². The third-order valence-electron chi connectivity index (χ3n) is 4.88. The first kappa shape index (κ1) is 21.8. The monoisotopic (exact) mass is 421 g/mol. The van der Waals surface area contributed by atoms with Gasteiger partial charge in [-0.05, 0) is 48.2 Å². The highest BCUT2D eigenvalue weighted by molar-refractivity contribution is 5.82. The van der Waals surface area contributed by atoms with Gasteiger partial charge in [0.1, 0.15) is 0 Å². The average Bonchev–Trinajstić information content (AvgIpc) is 3.36. The first-order chi connectivity index (χ1) is 14.3. The molecule has 0 saturated carbocycles. The number of nitrogens with zero attached hydrogens (tertiary/aromatic N) is 1. The molecular formula is C21H22F3N3O3. The van der Waals surface area contributed by atoms with Crippen molar-refractivity contribution >= 4 is 16.9 Å². The van der Waals surface area contributed by atoms with Crippen molar-refractivity contribution in [3.05, 3.63) is 64.8 Å². The number of alkyl halides is 3. The number of ether oxygens (including phenoxy) is 1. The molecule has 0 amide bonds. The predicted octanol–water partition coefficient (Wildman–Crippen LogP) is 4.12. The molecule has 0 radical (unpaired) electrons. The molecule has 2 heterocycles. The number of hydrogen-bond acceptors (Lipinski definition) is 4. The fraction of sp³-hybridized carbons (Fsp3) is 0.333. The highest BCUT2D eigenvalue weighted by Gasteiger charge is 2.38. The van der Waals surface area contributed by atoms with Crippen LogP contribution in [0.25, 0.3) is 10.9 Å². The molecule has 6 nitrogen and oxygen atoms in total. The largest absolute Gasteiger partial charge is 0.490 e. The smallest absolute Gasteiger partial charge is 0.475 e. The molecule has 0 spiro atoms. The van der Waals surface area contributed by atoms with Crippen molar-refractivity contribution in [1.29, 1.82) is 0 Å². The molecule has 1 aromatic heterocycles. The minimum atomic E-state index is -5.08. The third-order valence-corrected chi connectivity index (χ3v) is 4.88. The van der Waals surface area contributed by atoms with E-state index >= 15 is 0 Å². The summed E-state index contributed by atoms with van der Waals surface area (Å²) in [7, 11) is 0. The Morgan fingerprint density at radius 1 is 1.27 bits per heavy atom. The number of carbonyl (C=O) groups is 1. The second-order valence-corrected chi connectivity index (χ2v) is 7.00. The number of carboxylic acid groups (broad SMARTS) is 1. The summed E-state index contributed by atoms with van der Waals surface area (Å²) >= 11 is 0. The van der Waals surface area contributed by atoms with E-state index in [2.05, 4.69) is 58.8 Å². The number of halogens is 3. The molecule has 1 aliphatic rings. The Labute approximate surface area is 171 Å². The van der Waals surface area contributed by atoms with Crippen LogP contribution in [0.5, 0.6) is 0 Å². The van der Waals surface area contributed by atoms with Gasteiger partial charge < -0.3 is 15.2 Å². The number of rotatable bonds is 5. The van der Waals surface area contributed by atoms with Crippen LogP contribution in [0.3, 0.4) is 0 Å². The number of benzene rings is 2. The van der Waals surface area contributed by atoms with Crippen LogP contribution in [0.15, 0.2) is 42.6 Å². The molecule has 1 aliphatic heterocycles. The van der Waals surface area contributed by atoms with E-state index in [-0.39, 0.29) is 0 Å². The molecule has 1 atom stereocenters. The fourth-order valence-electron chi connectivity index (χ4n) is 3.29. The van der Waals surface area contributed by atoms with E-state index in [4.69, 9.17) is 14.6 Å². The number of nitrogens with one attached hydrogen (secondary N) is 2. The average molecular weight is 421 g/mol. The summed E-state index contributed by atoms with van der Waals surface area (Å²) in [5.41, 5.74) is 6.43. The van der Waals surface area contributed by atoms with Crippen LogP contribution in [-0.4, -0.2) is 34.0 Å². The second kappa shape index (κ2) is 9.27. The molecule has 160 valence electrons. The summed E-state index contributed by atoms with van der Waals surface area (Å²) < 4.78 is 37.2. The van der Waals surface area contributed by atoms with Crippen molar-refractivity contribution in [2.24, 2.45) is 0 Å². The zero-order valence-corrected chi connectivity index (χ0v) is 16.3. The molecule has 3 aromatic rings. The standard InChI is InChI=1S/C19H21N3O.C2HF3O2/c1-13(17-3-2-4-19-18(17)10-21-22-19)20-8-7-14-5-6-15-11-23-12-16(15)9-14;3-2(4,5)1(6)7/h2-6,9-10,13,20H,7-8,11-12H2,1H3,(H,21,22);(H,6,7). The number of aliphatic carboxylic acids is 1. The lowest BCUT2D eigenvalue weighted by atomic mass is 10.0. The maximum Gasteiger partial charge on any atom is 0.490 e. The minimum Gasteiger partial charge on any atom is -0.475 e. The van der Waals surface area contributed by atoms with Gasteiger partial charge in [-0.2, -0.15) is 18.3 Å². The highest BCUT2D eigenvalue weighted by Crippen LogP contribution is 2.23. The Balaban J connectivity index is 0.000000318. The number of hydrogen-bond donors (Lipinski definition) is 3. The molecule has 0 bridgehead atoms. The first-order valence-electron chi connectivity index (χ1n) is 9.39. The Morgan fingerprint density at radius 3 is 2.73 bits per heavy atom. The highest BCUT2D eigenvalue weighted by atomic mass is 19.4. The van der Waals surface area contributed by atoms with E-state index in [0.717, 1.165) is 31.7 Å². The van der Waals surface area contributed by atoms with Gasteiger partial charge in [0.2, 0.25) is 0 Å². The maximum absolute atomic E-state index is 10.6. The van der Waals surface area contributed by atoms with Crippen LogP contribution in [-0.2, 0) is 29.2 Å². The number of H-pyrrole nitrogens is 1. The van der Waals surface area contributed by atoms with E-state index in [1.165, 1.54) is 27.6 Å². The van der Waals surface area contributed by atoms with E-state index < -0.39 is 12.1 Å². The van der Waals surface area contributed by atoms with E-state index in [1.54, 1.807) is 0 Å². The summed E-state index contributed by atoms with van der Waals surface area (Å²) in [6.45, 7) is 4.68. The van der Waals surface area contributed by atoms with Gasteiger partial charge in [-0.25, -0.2) is 4.79 Å². The van der Waals surface area contributed by atoms with Crippen molar-refractivity contribution in [1.82, 2.24) is 15.5 Å². The zero-order valence-electron chi connectivity index (χ0n) is 16.3. The lowest BCUT2D eigenvalue weighted by Crippen LogP contribution is -2.21. The fourth-order valence-corrected chi connectivity index (χ4v) is 3.29. The number of aromatic nitrogens is 2. The molecule has 9 heteroatoms. The van der Waals surface area contributed by atoms with Crippen LogP contribution in [0.2, 0.25) is 0 Å². The quantitative estimate of drug-likeness (QED) is 0.577. The first-order valence-corrected chi connectivity index (χ1v) is 9.39. The molecule has 0 aliphatic carbocycles. The van der Waals surface area contributed by atoms with Crippen LogP contribution < -0.4 is 5.32 Å². The summed E-state index contributed by atoms with van der Waals surface area (Å²) in [5, 5.41) is 19.1. The summed E-state index contributed by atoms with van der Waals surface area (Å²) in [5.74, 6) is -2.76. The SMILES string of the molecule is CC(NCCc1ccc2c(c1)COC2)c1cccc2[nH]ncc12.O=C(O)C(F)(F)F. The molecular weight excluding hydrogens is 399 g/mol. The number of carboxylic acids is 1. The second-order valence-electron chi connectivity index (χ2n) is 7.00. The van der Waals surface area contributed by atoms with Crippen molar-refractivity contribution < 1.29 is 27.8 Å². The summed E-state index contributed by atoms with van der Waals surface area (Å²) in [6, 6.07) is 13.3. The van der Waals surface area contributed by atoms with Crippen molar-refractivity contribution in [3.63, 3.8) is 0 Å². The minimum absolute atomic E-state index is 0.300.